The Hall–Kier alpha value is -4.03. The number of nitrogens with zero attached hydrogens (tertiary/aromatic N) is 2. The Morgan fingerprint density at radius 1 is 0.943 bits per heavy atom. The van der Waals surface area contributed by atoms with Gasteiger partial charge in [-0.3, -0.25) is 14.4 Å². The van der Waals surface area contributed by atoms with Gasteiger partial charge in [-0.25, -0.2) is 10.5 Å². The lowest BCUT2D eigenvalue weighted by atomic mass is 9.77. The van der Waals surface area contributed by atoms with Crippen molar-refractivity contribution in [3.05, 3.63) is 113 Å². The van der Waals surface area contributed by atoms with Gasteiger partial charge in [0.25, 0.3) is 11.8 Å². The molecule has 1 saturated carbocycles. The molecule has 0 aromatic heterocycles. The first kappa shape index (κ1) is 22.7. The molecule has 0 saturated heterocycles. The van der Waals surface area contributed by atoms with Crippen LogP contribution in [0.2, 0.25) is 0 Å². The summed E-state index contributed by atoms with van der Waals surface area (Å²) in [6.07, 6.45) is 5.10. The van der Waals surface area contributed by atoms with Gasteiger partial charge in [0.2, 0.25) is 0 Å². The quantitative estimate of drug-likeness (QED) is 0.511. The van der Waals surface area contributed by atoms with Gasteiger partial charge < -0.3 is 0 Å². The smallest absolute Gasteiger partial charge is 0.270 e. The molecule has 1 aliphatic heterocycles. The topological polar surface area (TPSA) is 71.0 Å². The molecule has 35 heavy (non-hydrogen) atoms. The van der Waals surface area contributed by atoms with Crippen molar-refractivity contribution >= 4 is 23.6 Å². The molecule has 0 bridgehead atoms. The van der Waals surface area contributed by atoms with Crippen molar-refractivity contribution in [3.63, 3.8) is 0 Å². The number of carbonyl (C=O) groups is 2. The number of fused-ring (bicyclic) bond motifs is 1. The highest BCUT2D eigenvalue weighted by molar-refractivity contribution is 6.08. The van der Waals surface area contributed by atoms with Crippen LogP contribution in [0.15, 0.2) is 102 Å². The summed E-state index contributed by atoms with van der Waals surface area (Å²) in [6.45, 7) is -0.302. The van der Waals surface area contributed by atoms with Crippen molar-refractivity contribution in [2.24, 2.45) is 11.0 Å². The number of hydroxylamine groups is 1. The Morgan fingerprint density at radius 2 is 1.60 bits per heavy atom. The van der Waals surface area contributed by atoms with E-state index in [9.17, 15) is 9.59 Å². The molecule has 6 heteroatoms. The second-order valence-electron chi connectivity index (χ2n) is 8.74. The number of carbonyl (C=O) groups excluding carboxylic acids is 2. The maximum atomic E-state index is 13.3. The summed E-state index contributed by atoms with van der Waals surface area (Å²) in [7, 11) is 0. The number of hydrogen-bond donors (Lipinski definition) is 1. The Bertz CT molecular complexity index is 1240. The molecule has 0 spiro atoms. The van der Waals surface area contributed by atoms with Crippen molar-refractivity contribution in [3.8, 4) is 0 Å². The minimum absolute atomic E-state index is 0.115. The molecule has 5 rings (SSSR count). The van der Waals surface area contributed by atoms with Gasteiger partial charge >= 0.3 is 0 Å². The predicted octanol–water partition coefficient (Wildman–Crippen LogP) is 5.17. The van der Waals surface area contributed by atoms with Crippen LogP contribution >= 0.6 is 0 Å². The van der Waals surface area contributed by atoms with E-state index in [1.165, 1.54) is 5.57 Å². The second kappa shape index (κ2) is 10.5. The molecule has 1 aliphatic carbocycles. The normalized spacial score (nSPS) is 20.3. The molecule has 2 unspecified atom stereocenters. The maximum Gasteiger partial charge on any atom is 0.274 e. The average molecular weight is 466 g/mol. The number of hydrogen-bond acceptors (Lipinski definition) is 4. The van der Waals surface area contributed by atoms with E-state index >= 15 is 0 Å². The van der Waals surface area contributed by atoms with E-state index in [-0.39, 0.29) is 24.5 Å². The Kier molecular flexibility index (Phi) is 6.82. The van der Waals surface area contributed by atoms with Gasteiger partial charge in [0.05, 0.1) is 11.8 Å². The lowest BCUT2D eigenvalue weighted by Crippen LogP contribution is -2.36. The number of nitrogens with one attached hydrogen (secondary N) is 1. The minimum atomic E-state index is -0.396. The molecular weight excluding hydrogens is 438 g/mol. The minimum Gasteiger partial charge on any atom is -0.270 e. The Labute approximate surface area is 204 Å². The molecule has 3 aromatic carbocycles. The first-order valence-corrected chi connectivity index (χ1v) is 11.9. The van der Waals surface area contributed by atoms with Gasteiger partial charge in [-0.05, 0) is 54.2 Å². The van der Waals surface area contributed by atoms with Crippen LogP contribution in [0.25, 0.3) is 6.08 Å². The number of amides is 2. The molecule has 2 aliphatic rings. The zero-order valence-electron chi connectivity index (χ0n) is 19.3. The fourth-order valence-corrected chi connectivity index (χ4v) is 4.82. The predicted molar refractivity (Wildman–Crippen MR) is 135 cm³/mol. The Balaban J connectivity index is 1.37. The van der Waals surface area contributed by atoms with E-state index < -0.39 is 5.91 Å². The van der Waals surface area contributed by atoms with Crippen LogP contribution in [-0.2, 0) is 9.63 Å². The molecule has 2 atom stereocenters. The molecule has 3 aromatic rings. The SMILES string of the molecule is O=C(NOCC(=O)N1N=C2/C(=C/c3ccccc3)CCCC2C1c1ccccc1)c1ccccc1. The standard InChI is InChI=1S/C29H27N3O3/c33-26(20-35-31-29(34)23-15-8-3-9-16-23)32-28(22-13-6-2-7-14-22)25-18-10-17-24(27(25)30-32)19-21-11-4-1-5-12-21/h1-9,11-16,19,25,28H,10,17-18,20H2,(H,31,34)/b24-19+. The van der Waals surface area contributed by atoms with Gasteiger partial charge in [-0.2, -0.15) is 5.10 Å². The maximum absolute atomic E-state index is 13.3. The van der Waals surface area contributed by atoms with E-state index in [1.807, 2.05) is 54.6 Å². The number of allylic oxidation sites excluding steroid dienone is 1. The second-order valence-corrected chi connectivity index (χ2v) is 8.74. The monoisotopic (exact) mass is 465 g/mol. The average Bonchev–Trinajstić information content (AvgIpc) is 3.31. The summed E-state index contributed by atoms with van der Waals surface area (Å²) in [5.41, 5.74) is 7.13. The van der Waals surface area contributed by atoms with Crippen molar-refractivity contribution < 1.29 is 14.4 Å². The highest BCUT2D eigenvalue weighted by Crippen LogP contribution is 2.44. The van der Waals surface area contributed by atoms with Crippen LogP contribution in [0, 0.1) is 5.92 Å². The molecule has 176 valence electrons. The molecule has 1 N–H and O–H groups in total. The van der Waals surface area contributed by atoms with Gasteiger partial charge in [0.15, 0.2) is 6.61 Å². The summed E-state index contributed by atoms with van der Waals surface area (Å²) < 4.78 is 0. The van der Waals surface area contributed by atoms with E-state index in [0.717, 1.165) is 36.1 Å². The van der Waals surface area contributed by atoms with Crippen molar-refractivity contribution in [2.75, 3.05) is 6.61 Å². The highest BCUT2D eigenvalue weighted by atomic mass is 16.7. The van der Waals surface area contributed by atoms with E-state index in [4.69, 9.17) is 9.94 Å². The molecule has 0 radical (unpaired) electrons. The molecule has 1 fully saturated rings. The van der Waals surface area contributed by atoms with Gasteiger partial charge in [-0.15, -0.1) is 0 Å². The Morgan fingerprint density at radius 3 is 2.31 bits per heavy atom. The van der Waals surface area contributed by atoms with E-state index in [1.54, 1.807) is 29.3 Å². The third-order valence-electron chi connectivity index (χ3n) is 6.44. The summed E-state index contributed by atoms with van der Waals surface area (Å²) in [4.78, 5) is 30.8. The van der Waals surface area contributed by atoms with Gasteiger partial charge in [-0.1, -0.05) is 78.9 Å². The van der Waals surface area contributed by atoms with E-state index in [0.29, 0.717) is 5.56 Å². The van der Waals surface area contributed by atoms with Crippen LogP contribution in [0.5, 0.6) is 0 Å². The first-order chi connectivity index (χ1) is 17.2. The summed E-state index contributed by atoms with van der Waals surface area (Å²) >= 11 is 0. The summed E-state index contributed by atoms with van der Waals surface area (Å²) in [5.74, 6) is -0.579. The number of hydrazone groups is 1. The molecule has 6 nitrogen and oxygen atoms in total. The zero-order chi connectivity index (χ0) is 24.0. The number of benzene rings is 3. The van der Waals surface area contributed by atoms with E-state index in [2.05, 4.69) is 23.7 Å². The highest BCUT2D eigenvalue weighted by Gasteiger charge is 2.43. The van der Waals surface area contributed by atoms with Crippen LogP contribution < -0.4 is 5.48 Å². The lowest BCUT2D eigenvalue weighted by Gasteiger charge is -2.29. The molecule has 1 heterocycles. The molecular formula is C29H27N3O3. The van der Waals surface area contributed by atoms with Crippen LogP contribution in [-0.4, -0.2) is 29.1 Å². The summed E-state index contributed by atoms with van der Waals surface area (Å²) in [6, 6.07) is 28.7. The van der Waals surface area contributed by atoms with Gasteiger partial charge in [0, 0.05) is 11.5 Å². The van der Waals surface area contributed by atoms with Crippen LogP contribution in [0.1, 0.15) is 46.8 Å². The summed E-state index contributed by atoms with van der Waals surface area (Å²) in [5, 5.41) is 6.39. The van der Waals surface area contributed by atoms with Crippen molar-refractivity contribution in [1.82, 2.24) is 10.5 Å². The van der Waals surface area contributed by atoms with Crippen molar-refractivity contribution in [2.45, 2.75) is 25.3 Å². The van der Waals surface area contributed by atoms with Gasteiger partial charge in [0.1, 0.15) is 0 Å². The third kappa shape index (κ3) is 5.08. The fraction of sp³-hybridized carbons (Fsp3) is 0.207. The lowest BCUT2D eigenvalue weighted by molar-refractivity contribution is -0.140. The fourth-order valence-electron chi connectivity index (χ4n) is 4.82. The molecule has 2 amide bonds. The van der Waals surface area contributed by atoms with Crippen LogP contribution in [0.4, 0.5) is 0 Å². The first-order valence-electron chi connectivity index (χ1n) is 11.9. The zero-order valence-corrected chi connectivity index (χ0v) is 19.3. The number of rotatable bonds is 6. The third-order valence-corrected chi connectivity index (χ3v) is 6.44. The van der Waals surface area contributed by atoms with Crippen molar-refractivity contribution in [1.29, 1.82) is 0 Å². The van der Waals surface area contributed by atoms with Crippen LogP contribution in [0.3, 0.4) is 0 Å². The largest absolute Gasteiger partial charge is 0.274 e.